The largest absolute Gasteiger partial charge is 0.360 e. The van der Waals surface area contributed by atoms with Gasteiger partial charge >= 0.3 is 0 Å². The smallest absolute Gasteiger partial charge is 0.249 e. The van der Waals surface area contributed by atoms with Gasteiger partial charge in [0.1, 0.15) is 16.6 Å². The van der Waals surface area contributed by atoms with Crippen LogP contribution < -0.4 is 5.32 Å². The SMILES string of the molecule is Cc1noc(C)c1S(=O)(=O)N(Cc1ccc(Br)cc1)C1CCCCNC1=O. The minimum absolute atomic E-state index is 0.0386. The van der Waals surface area contributed by atoms with Crippen molar-refractivity contribution < 1.29 is 17.7 Å². The molecule has 2 heterocycles. The molecule has 1 aliphatic rings. The lowest BCUT2D eigenvalue weighted by molar-refractivity contribution is -0.124. The molecule has 1 amide bonds. The van der Waals surface area contributed by atoms with Crippen LogP contribution in [0.5, 0.6) is 0 Å². The third kappa shape index (κ3) is 4.25. The maximum Gasteiger partial charge on any atom is 0.249 e. The van der Waals surface area contributed by atoms with Gasteiger partial charge in [-0.15, -0.1) is 0 Å². The minimum Gasteiger partial charge on any atom is -0.360 e. The van der Waals surface area contributed by atoms with Gasteiger partial charge < -0.3 is 9.84 Å². The van der Waals surface area contributed by atoms with E-state index >= 15 is 0 Å². The summed E-state index contributed by atoms with van der Waals surface area (Å²) in [6.07, 6.45) is 2.09. The molecule has 9 heteroatoms. The number of nitrogens with zero attached hydrogens (tertiary/aromatic N) is 2. The first-order valence-electron chi connectivity index (χ1n) is 8.77. The predicted molar refractivity (Wildman–Crippen MR) is 103 cm³/mol. The highest BCUT2D eigenvalue weighted by Gasteiger charge is 2.39. The number of carbonyl (C=O) groups is 1. The molecular weight excluding hydrogens is 434 g/mol. The van der Waals surface area contributed by atoms with Gasteiger partial charge in [-0.25, -0.2) is 8.42 Å². The van der Waals surface area contributed by atoms with Gasteiger partial charge in [-0.3, -0.25) is 4.79 Å². The zero-order valence-electron chi connectivity index (χ0n) is 15.2. The van der Waals surface area contributed by atoms with Crippen LogP contribution in [-0.2, 0) is 21.4 Å². The van der Waals surface area contributed by atoms with Crippen LogP contribution in [0.4, 0.5) is 0 Å². The van der Waals surface area contributed by atoms with Crippen molar-refractivity contribution in [1.82, 2.24) is 14.8 Å². The van der Waals surface area contributed by atoms with E-state index in [0.717, 1.165) is 22.9 Å². The summed E-state index contributed by atoms with van der Waals surface area (Å²) in [5.74, 6) is -0.0396. The van der Waals surface area contributed by atoms with Gasteiger partial charge in [0.05, 0.1) is 0 Å². The molecule has 1 aromatic heterocycles. The van der Waals surface area contributed by atoms with Crippen LogP contribution in [0.1, 0.15) is 36.3 Å². The summed E-state index contributed by atoms with van der Waals surface area (Å²) in [7, 11) is -3.97. The molecule has 7 nitrogen and oxygen atoms in total. The van der Waals surface area contributed by atoms with Crippen LogP contribution >= 0.6 is 15.9 Å². The Morgan fingerprint density at radius 3 is 2.59 bits per heavy atom. The fourth-order valence-corrected chi connectivity index (χ4v) is 5.46. The molecule has 146 valence electrons. The molecule has 0 radical (unpaired) electrons. The lowest BCUT2D eigenvalue weighted by atomic mass is 10.1. The molecule has 1 saturated heterocycles. The van der Waals surface area contributed by atoms with E-state index in [0.29, 0.717) is 18.7 Å². The van der Waals surface area contributed by atoms with Crippen LogP contribution in [0.3, 0.4) is 0 Å². The maximum absolute atomic E-state index is 13.5. The average molecular weight is 456 g/mol. The highest BCUT2D eigenvalue weighted by atomic mass is 79.9. The number of benzene rings is 1. The van der Waals surface area contributed by atoms with Gasteiger partial charge in [-0.1, -0.05) is 33.2 Å². The van der Waals surface area contributed by atoms with Crippen LogP contribution in [0.15, 0.2) is 38.2 Å². The van der Waals surface area contributed by atoms with Crippen molar-refractivity contribution in [3.8, 4) is 0 Å². The highest BCUT2D eigenvalue weighted by Crippen LogP contribution is 2.29. The average Bonchev–Trinajstić information content (AvgIpc) is 2.83. The molecule has 0 aliphatic carbocycles. The number of aryl methyl sites for hydroxylation is 2. The quantitative estimate of drug-likeness (QED) is 0.747. The third-order valence-corrected chi connectivity index (χ3v) is 7.27. The number of hydrogen-bond acceptors (Lipinski definition) is 5. The fourth-order valence-electron chi connectivity index (χ4n) is 3.29. The lowest BCUT2D eigenvalue weighted by Gasteiger charge is -2.29. The van der Waals surface area contributed by atoms with Crippen LogP contribution in [0.2, 0.25) is 0 Å². The predicted octanol–water partition coefficient (Wildman–Crippen LogP) is 2.91. The number of sulfonamides is 1. The van der Waals surface area contributed by atoms with Crippen LogP contribution in [0, 0.1) is 13.8 Å². The van der Waals surface area contributed by atoms with Crippen molar-refractivity contribution in [1.29, 1.82) is 0 Å². The van der Waals surface area contributed by atoms with E-state index in [1.54, 1.807) is 13.8 Å². The second kappa shape index (κ2) is 8.12. The Balaban J connectivity index is 2.05. The van der Waals surface area contributed by atoms with E-state index in [-0.39, 0.29) is 23.1 Å². The van der Waals surface area contributed by atoms with Gasteiger partial charge in [0.15, 0.2) is 5.76 Å². The molecule has 1 aromatic carbocycles. The van der Waals surface area contributed by atoms with Crippen molar-refractivity contribution in [3.63, 3.8) is 0 Å². The second-order valence-corrected chi connectivity index (χ2v) is 9.38. The summed E-state index contributed by atoms with van der Waals surface area (Å²) in [4.78, 5) is 12.7. The molecule has 1 atom stereocenters. The first-order valence-corrected chi connectivity index (χ1v) is 11.0. The Hall–Kier alpha value is -1.71. The summed E-state index contributed by atoms with van der Waals surface area (Å²) < 4.78 is 34.3. The molecule has 1 unspecified atom stereocenters. The molecule has 27 heavy (non-hydrogen) atoms. The number of hydrogen-bond donors (Lipinski definition) is 1. The number of nitrogens with one attached hydrogen (secondary N) is 1. The Morgan fingerprint density at radius 2 is 1.96 bits per heavy atom. The van der Waals surface area contributed by atoms with Gasteiger partial charge in [0.25, 0.3) is 0 Å². The molecule has 1 N–H and O–H groups in total. The first-order chi connectivity index (χ1) is 12.8. The van der Waals surface area contributed by atoms with Crippen LogP contribution in [0.25, 0.3) is 0 Å². The van der Waals surface area contributed by atoms with Crippen LogP contribution in [-0.4, -0.2) is 36.4 Å². The molecule has 3 rings (SSSR count). The van der Waals surface area contributed by atoms with Gasteiger partial charge in [-0.05, 0) is 50.8 Å². The topological polar surface area (TPSA) is 92.5 Å². The Bertz CT molecular complexity index is 905. The Labute approximate surface area is 167 Å². The fraction of sp³-hybridized carbons (Fsp3) is 0.444. The van der Waals surface area contributed by atoms with Crippen molar-refractivity contribution in [2.24, 2.45) is 0 Å². The summed E-state index contributed by atoms with van der Waals surface area (Å²) in [6.45, 7) is 3.82. The molecule has 2 aromatic rings. The van der Waals surface area contributed by atoms with E-state index in [1.165, 1.54) is 4.31 Å². The monoisotopic (exact) mass is 455 g/mol. The van der Waals surface area contributed by atoms with Gasteiger partial charge in [-0.2, -0.15) is 4.31 Å². The number of rotatable bonds is 5. The van der Waals surface area contributed by atoms with Crippen molar-refractivity contribution >= 4 is 31.9 Å². The van der Waals surface area contributed by atoms with E-state index in [4.69, 9.17) is 4.52 Å². The normalized spacial score (nSPS) is 18.4. The minimum atomic E-state index is -3.97. The first kappa shape index (κ1) is 20.0. The third-order valence-electron chi connectivity index (χ3n) is 4.64. The summed E-state index contributed by atoms with van der Waals surface area (Å²) >= 11 is 3.38. The standard InChI is InChI=1S/C18H22BrN3O4S/c1-12-17(13(2)26-21-12)27(24,25)22(11-14-6-8-15(19)9-7-14)16-5-3-4-10-20-18(16)23/h6-9,16H,3-5,10-11H2,1-2H3,(H,20,23). The number of carbonyl (C=O) groups excluding carboxylic acids is 1. The van der Waals surface area contributed by atoms with Gasteiger partial charge in [0.2, 0.25) is 15.9 Å². The van der Waals surface area contributed by atoms with E-state index in [1.807, 2.05) is 24.3 Å². The zero-order valence-corrected chi connectivity index (χ0v) is 17.6. The van der Waals surface area contributed by atoms with Crippen molar-refractivity contribution in [2.75, 3.05) is 6.54 Å². The summed E-state index contributed by atoms with van der Waals surface area (Å²) in [5.41, 5.74) is 1.09. The molecule has 1 aliphatic heterocycles. The Morgan fingerprint density at radius 1 is 1.26 bits per heavy atom. The molecular formula is C18H22BrN3O4S. The van der Waals surface area contributed by atoms with E-state index in [2.05, 4.69) is 26.4 Å². The molecule has 1 fully saturated rings. The zero-order chi connectivity index (χ0) is 19.6. The molecule has 0 bridgehead atoms. The number of aromatic nitrogens is 1. The molecule has 0 spiro atoms. The lowest BCUT2D eigenvalue weighted by Crippen LogP contribution is -2.48. The summed E-state index contributed by atoms with van der Waals surface area (Å²) in [6, 6.07) is 6.62. The van der Waals surface area contributed by atoms with Crippen molar-refractivity contribution in [2.45, 2.75) is 50.6 Å². The number of halogens is 1. The number of amides is 1. The summed E-state index contributed by atoms with van der Waals surface area (Å²) in [5, 5.41) is 6.60. The maximum atomic E-state index is 13.5. The van der Waals surface area contributed by atoms with Gasteiger partial charge in [0, 0.05) is 17.6 Å². The van der Waals surface area contributed by atoms with E-state index in [9.17, 15) is 13.2 Å². The Kier molecular flexibility index (Phi) is 6.02. The van der Waals surface area contributed by atoms with Crippen molar-refractivity contribution in [3.05, 3.63) is 45.8 Å². The second-order valence-electron chi connectivity index (χ2n) is 6.63. The highest BCUT2D eigenvalue weighted by molar-refractivity contribution is 9.10. The van der Waals surface area contributed by atoms with E-state index < -0.39 is 16.1 Å². The molecule has 0 saturated carbocycles.